The predicted molar refractivity (Wildman–Crippen MR) is 352 cm³/mol. The molecular weight excluding hydrogens is 1040 g/mol. The summed E-state index contributed by atoms with van der Waals surface area (Å²) in [6.45, 7) is 0. The highest BCUT2D eigenvalue weighted by Gasteiger charge is 2.51. The maximum atomic E-state index is 5.56. The molecule has 3 heterocycles. The van der Waals surface area contributed by atoms with Crippen molar-refractivity contribution in [2.45, 2.75) is 5.41 Å². The molecule has 0 unspecified atom stereocenters. The van der Waals surface area contributed by atoms with Crippen molar-refractivity contribution in [1.29, 1.82) is 0 Å². The summed E-state index contributed by atoms with van der Waals surface area (Å²) in [5.41, 5.74) is 21.6. The van der Waals surface area contributed by atoms with Gasteiger partial charge in [-0.15, -0.1) is 11.3 Å². The van der Waals surface area contributed by atoms with Crippen molar-refractivity contribution in [2.24, 2.45) is 0 Å². The molecule has 0 amide bonds. The molecule has 0 saturated carbocycles. The molecule has 18 rings (SSSR count). The predicted octanol–water partition coefficient (Wildman–Crippen LogP) is 21.1. The second kappa shape index (κ2) is 18.1. The number of hydrogen-bond acceptors (Lipinski definition) is 4. The van der Waals surface area contributed by atoms with Crippen LogP contribution in [0.2, 0.25) is 0 Å². The lowest BCUT2D eigenvalue weighted by molar-refractivity contribution is 0.793. The maximum absolute atomic E-state index is 5.56. The molecule has 0 aliphatic heterocycles. The van der Waals surface area contributed by atoms with Gasteiger partial charge in [0.2, 0.25) is 5.95 Å². The molecule has 0 fully saturated rings. The first-order chi connectivity index (χ1) is 41.7. The molecule has 16 aromatic rings. The van der Waals surface area contributed by atoms with Gasteiger partial charge in [-0.05, 0) is 109 Å². The SMILES string of the molecule is c1ccc(-c2ccc(N(c3ccc4c(c3)C3(c5ccccc5-c5ccccc53)c3ccccc3-4)c3cccc4c3sc3c5ccccc5c5c(c43)c3c4ccccc4ccc3n5-c3nc(-c4ccccc4)cc(-c4ccccc4)n3)cc2)cc1. The fourth-order valence-electron chi connectivity index (χ4n) is 14.5. The normalized spacial score (nSPS) is 12.9. The average Bonchev–Trinajstić information content (AvgIpc) is 1.62. The molecule has 5 heteroatoms. The van der Waals surface area contributed by atoms with Crippen LogP contribution in [0.25, 0.3) is 125 Å². The minimum Gasteiger partial charge on any atom is -0.309 e. The smallest absolute Gasteiger partial charge is 0.235 e. The summed E-state index contributed by atoms with van der Waals surface area (Å²) < 4.78 is 4.82. The van der Waals surface area contributed by atoms with E-state index in [0.29, 0.717) is 5.95 Å². The Bertz CT molecular complexity index is 5250. The lowest BCUT2D eigenvalue weighted by Crippen LogP contribution is -2.26. The van der Waals surface area contributed by atoms with E-state index >= 15 is 0 Å². The van der Waals surface area contributed by atoms with E-state index in [2.05, 4.69) is 301 Å². The van der Waals surface area contributed by atoms with Crippen LogP contribution in [0.3, 0.4) is 0 Å². The summed E-state index contributed by atoms with van der Waals surface area (Å²) in [7, 11) is 0. The zero-order chi connectivity index (χ0) is 55.0. The molecule has 2 aliphatic carbocycles. The first kappa shape index (κ1) is 47.0. The van der Waals surface area contributed by atoms with Crippen molar-refractivity contribution in [1.82, 2.24) is 14.5 Å². The highest BCUT2D eigenvalue weighted by Crippen LogP contribution is 2.64. The van der Waals surface area contributed by atoms with Crippen molar-refractivity contribution in [3.05, 3.63) is 313 Å². The van der Waals surface area contributed by atoms with Crippen LogP contribution >= 0.6 is 11.3 Å². The Morgan fingerprint density at radius 1 is 0.333 bits per heavy atom. The highest BCUT2D eigenvalue weighted by atomic mass is 32.1. The summed E-state index contributed by atoms with van der Waals surface area (Å²) in [5.74, 6) is 0.629. The molecule has 0 N–H and O–H groups in total. The van der Waals surface area contributed by atoms with E-state index in [0.717, 1.165) is 56.0 Å². The molecule has 4 nitrogen and oxygen atoms in total. The molecule has 84 heavy (non-hydrogen) atoms. The summed E-state index contributed by atoms with van der Waals surface area (Å²) in [4.78, 5) is 13.6. The topological polar surface area (TPSA) is 34.0 Å². The van der Waals surface area contributed by atoms with Crippen molar-refractivity contribution < 1.29 is 0 Å². The van der Waals surface area contributed by atoms with E-state index in [4.69, 9.17) is 9.97 Å². The first-order valence-corrected chi connectivity index (χ1v) is 29.6. The Balaban J connectivity index is 0.941. The average molecular weight is 1090 g/mol. The Hall–Kier alpha value is -10.7. The van der Waals surface area contributed by atoms with Gasteiger partial charge in [-0.1, -0.05) is 249 Å². The van der Waals surface area contributed by atoms with E-state index in [1.165, 1.54) is 103 Å². The molecule has 0 atom stereocenters. The minimum atomic E-state index is -0.505. The van der Waals surface area contributed by atoms with Crippen LogP contribution in [0.5, 0.6) is 0 Å². The van der Waals surface area contributed by atoms with Crippen LogP contribution in [0.15, 0.2) is 291 Å². The number of nitrogens with zero attached hydrogens (tertiary/aromatic N) is 4. The lowest BCUT2D eigenvalue weighted by atomic mass is 9.70. The van der Waals surface area contributed by atoms with Gasteiger partial charge in [0.1, 0.15) is 0 Å². The van der Waals surface area contributed by atoms with Gasteiger partial charge in [-0.25, -0.2) is 9.97 Å². The number of benzene rings is 13. The molecule has 390 valence electrons. The number of anilines is 3. The van der Waals surface area contributed by atoms with E-state index in [-0.39, 0.29) is 0 Å². The Labute approximate surface area is 489 Å². The van der Waals surface area contributed by atoms with Crippen molar-refractivity contribution in [2.75, 3.05) is 4.90 Å². The summed E-state index contributed by atoms with van der Waals surface area (Å²) in [6.07, 6.45) is 0. The second-order valence-electron chi connectivity index (χ2n) is 22.3. The van der Waals surface area contributed by atoms with Gasteiger partial charge in [0, 0.05) is 59.5 Å². The molecule has 0 radical (unpaired) electrons. The fraction of sp³-hybridized carbons (Fsp3) is 0.0127. The van der Waals surface area contributed by atoms with E-state index in [9.17, 15) is 0 Å². The zero-order valence-electron chi connectivity index (χ0n) is 45.4. The van der Waals surface area contributed by atoms with Gasteiger partial charge in [-0.2, -0.15) is 0 Å². The molecule has 0 bridgehead atoms. The van der Waals surface area contributed by atoms with Crippen molar-refractivity contribution >= 4 is 91.9 Å². The van der Waals surface area contributed by atoms with Crippen LogP contribution < -0.4 is 4.90 Å². The van der Waals surface area contributed by atoms with Gasteiger partial charge in [-0.3, -0.25) is 4.57 Å². The number of aromatic nitrogens is 3. The van der Waals surface area contributed by atoms with Gasteiger partial charge in [0.25, 0.3) is 0 Å². The van der Waals surface area contributed by atoms with E-state index in [1.54, 1.807) is 0 Å². The molecular formula is C79H48N4S. The third-order valence-corrected chi connectivity index (χ3v) is 19.3. The quantitative estimate of drug-likeness (QED) is 0.159. The molecule has 1 spiro atoms. The summed E-state index contributed by atoms with van der Waals surface area (Å²) >= 11 is 1.90. The van der Waals surface area contributed by atoms with Crippen molar-refractivity contribution in [3.8, 4) is 61.8 Å². The highest BCUT2D eigenvalue weighted by molar-refractivity contribution is 7.27. The number of thiophene rings is 1. The summed E-state index contributed by atoms with van der Waals surface area (Å²) in [5, 5.41) is 9.54. The van der Waals surface area contributed by atoms with Gasteiger partial charge < -0.3 is 4.90 Å². The Kier molecular flexibility index (Phi) is 10.1. The number of fused-ring (bicyclic) bond motifs is 22. The monoisotopic (exact) mass is 1080 g/mol. The van der Waals surface area contributed by atoms with E-state index < -0.39 is 5.41 Å². The third-order valence-electron chi connectivity index (χ3n) is 18.0. The zero-order valence-corrected chi connectivity index (χ0v) is 46.2. The Morgan fingerprint density at radius 2 is 0.845 bits per heavy atom. The van der Waals surface area contributed by atoms with Crippen molar-refractivity contribution in [3.63, 3.8) is 0 Å². The molecule has 3 aromatic heterocycles. The standard InChI is InChI=1S/C79H48N4S/c1-4-21-49(22-5-1)50-39-42-54(43-40-50)82(55-44-45-60-59-31-16-19-37-66(59)79(67(60)47-55)64-35-17-14-29-57(64)58-30-15-18-36-65(58)79)71-38-20-34-63-73-74-72-56-28-11-10-23-51(56)41-46-70(72)83(75(74)61-32-12-13-33-62(61)77(73)84-76(63)71)78-80-68(52-24-6-2-7-25-52)48-69(81-78)53-26-8-3-9-27-53/h1-48H. The number of rotatable bonds is 7. The molecule has 0 saturated heterocycles. The summed E-state index contributed by atoms with van der Waals surface area (Å²) in [6, 6.07) is 107. The van der Waals surface area contributed by atoms with Crippen LogP contribution in [0.4, 0.5) is 17.1 Å². The third kappa shape index (κ3) is 6.64. The van der Waals surface area contributed by atoms with Gasteiger partial charge >= 0.3 is 0 Å². The van der Waals surface area contributed by atoms with E-state index in [1.807, 2.05) is 11.3 Å². The van der Waals surface area contributed by atoms with Crippen LogP contribution in [-0.2, 0) is 5.41 Å². The largest absolute Gasteiger partial charge is 0.309 e. The fourth-order valence-corrected chi connectivity index (χ4v) is 15.9. The molecule has 13 aromatic carbocycles. The lowest BCUT2D eigenvalue weighted by Gasteiger charge is -2.32. The number of hydrogen-bond donors (Lipinski definition) is 0. The minimum absolute atomic E-state index is 0.505. The second-order valence-corrected chi connectivity index (χ2v) is 23.3. The van der Waals surface area contributed by atoms with Crippen LogP contribution in [0.1, 0.15) is 22.3 Å². The van der Waals surface area contributed by atoms with Crippen LogP contribution in [0, 0.1) is 0 Å². The maximum Gasteiger partial charge on any atom is 0.235 e. The van der Waals surface area contributed by atoms with Gasteiger partial charge in [0.15, 0.2) is 0 Å². The van der Waals surface area contributed by atoms with Gasteiger partial charge in [0.05, 0.1) is 38.2 Å². The first-order valence-electron chi connectivity index (χ1n) is 28.8. The Morgan fingerprint density at radius 3 is 1.49 bits per heavy atom. The van der Waals surface area contributed by atoms with Crippen LogP contribution in [-0.4, -0.2) is 14.5 Å². The molecule has 2 aliphatic rings.